The summed E-state index contributed by atoms with van der Waals surface area (Å²) in [6.45, 7) is -0.0242. The maximum atomic E-state index is 14.2. The summed E-state index contributed by atoms with van der Waals surface area (Å²) < 4.78 is 49.2. The van der Waals surface area contributed by atoms with Gasteiger partial charge in [-0.25, -0.2) is 12.7 Å². The van der Waals surface area contributed by atoms with E-state index in [-0.39, 0.29) is 36.4 Å². The molecular weight excluding hydrogens is 590 g/mol. The van der Waals surface area contributed by atoms with Crippen LogP contribution in [0, 0.1) is 0 Å². The van der Waals surface area contributed by atoms with Crippen LogP contribution in [-0.4, -0.2) is 75.0 Å². The highest BCUT2D eigenvalue weighted by Crippen LogP contribution is 2.35. The fraction of sp³-hybridized carbons (Fsp3) is 0.323. The van der Waals surface area contributed by atoms with Gasteiger partial charge in [0.2, 0.25) is 18.6 Å². The van der Waals surface area contributed by atoms with Gasteiger partial charge in [-0.05, 0) is 60.4 Å². The predicted molar refractivity (Wildman–Crippen MR) is 155 cm³/mol. The normalized spacial score (nSPS) is 18.5. The van der Waals surface area contributed by atoms with E-state index >= 15 is 0 Å². The molecule has 0 aromatic heterocycles. The van der Waals surface area contributed by atoms with Crippen molar-refractivity contribution in [3.05, 3.63) is 83.4 Å². The van der Waals surface area contributed by atoms with Crippen molar-refractivity contribution in [1.29, 1.82) is 0 Å². The first-order chi connectivity index (χ1) is 21.3. The summed E-state index contributed by atoms with van der Waals surface area (Å²) in [7, 11) is -2.80. The summed E-state index contributed by atoms with van der Waals surface area (Å²) in [5, 5.41) is 2.91. The first-order valence-electron chi connectivity index (χ1n) is 14.1. The van der Waals surface area contributed by atoms with Crippen LogP contribution in [0.3, 0.4) is 0 Å². The fourth-order valence-electron chi connectivity index (χ4n) is 5.56. The molecule has 230 valence electrons. The summed E-state index contributed by atoms with van der Waals surface area (Å²) in [6, 6.07) is 16.4. The minimum absolute atomic E-state index is 0.0127. The molecule has 44 heavy (non-hydrogen) atoms. The zero-order valence-electron chi connectivity index (χ0n) is 23.9. The minimum atomic E-state index is -4.28. The molecule has 13 heteroatoms. The smallest absolute Gasteiger partial charge is 0.269 e. The number of fused-ring (bicyclic) bond motifs is 2. The molecule has 2 atom stereocenters. The fourth-order valence-corrected chi connectivity index (χ4v) is 7.08. The molecule has 0 spiro atoms. The first kappa shape index (κ1) is 29.5. The van der Waals surface area contributed by atoms with Gasteiger partial charge in [-0.2, -0.15) is 0 Å². The van der Waals surface area contributed by atoms with Crippen molar-refractivity contribution >= 4 is 27.7 Å². The molecule has 12 nitrogen and oxygen atoms in total. The van der Waals surface area contributed by atoms with Crippen molar-refractivity contribution in [2.45, 2.75) is 36.4 Å². The van der Waals surface area contributed by atoms with Crippen LogP contribution in [-0.2, 0) is 30.9 Å². The van der Waals surface area contributed by atoms with Gasteiger partial charge in [0.1, 0.15) is 23.2 Å². The van der Waals surface area contributed by atoms with Gasteiger partial charge in [-0.3, -0.25) is 14.4 Å². The number of hydrogen-bond acceptors (Lipinski definition) is 9. The Bertz CT molecular complexity index is 1700. The van der Waals surface area contributed by atoms with Crippen LogP contribution in [0.4, 0.5) is 0 Å². The monoisotopic (exact) mass is 621 g/mol. The van der Waals surface area contributed by atoms with Crippen LogP contribution >= 0.6 is 0 Å². The van der Waals surface area contributed by atoms with Crippen molar-refractivity contribution in [1.82, 2.24) is 14.5 Å². The van der Waals surface area contributed by atoms with Crippen molar-refractivity contribution < 1.29 is 41.7 Å². The number of ether oxygens (including phenoxy) is 4. The number of nitrogens with zero attached hydrogens (tertiary/aromatic N) is 2. The predicted octanol–water partition coefficient (Wildman–Crippen LogP) is 2.63. The minimum Gasteiger partial charge on any atom is -0.497 e. The van der Waals surface area contributed by atoms with Gasteiger partial charge >= 0.3 is 0 Å². The molecule has 3 aromatic rings. The topological polar surface area (TPSA) is 141 Å². The van der Waals surface area contributed by atoms with Crippen LogP contribution in [0.1, 0.15) is 40.4 Å². The number of methoxy groups -OCH3 is 1. The molecule has 1 fully saturated rings. The number of hydrogen-bond donors (Lipinski definition) is 1. The highest BCUT2D eigenvalue weighted by atomic mass is 32.2. The van der Waals surface area contributed by atoms with Crippen LogP contribution in [0.5, 0.6) is 17.2 Å². The van der Waals surface area contributed by atoms with E-state index in [0.29, 0.717) is 39.3 Å². The number of amides is 3. The number of carbonyl (C=O) groups excluding carboxylic acids is 3. The van der Waals surface area contributed by atoms with Gasteiger partial charge in [-0.15, -0.1) is 0 Å². The molecule has 1 saturated heterocycles. The van der Waals surface area contributed by atoms with E-state index in [1.807, 2.05) is 0 Å². The molecular formula is C31H31N3O9S. The highest BCUT2D eigenvalue weighted by Gasteiger charge is 2.43. The largest absolute Gasteiger partial charge is 0.497 e. The van der Waals surface area contributed by atoms with Crippen LogP contribution < -0.4 is 19.5 Å². The van der Waals surface area contributed by atoms with Gasteiger partial charge in [0.05, 0.1) is 18.8 Å². The maximum absolute atomic E-state index is 14.2. The molecule has 0 saturated carbocycles. The van der Waals surface area contributed by atoms with E-state index in [1.54, 1.807) is 48.5 Å². The van der Waals surface area contributed by atoms with Crippen LogP contribution in [0.2, 0.25) is 0 Å². The van der Waals surface area contributed by atoms with E-state index in [4.69, 9.17) is 18.9 Å². The molecule has 3 aromatic carbocycles. The third kappa shape index (κ3) is 5.67. The average molecular weight is 622 g/mol. The van der Waals surface area contributed by atoms with E-state index in [2.05, 4.69) is 5.32 Å². The van der Waals surface area contributed by atoms with E-state index in [0.717, 1.165) is 12.8 Å². The number of rotatable bonds is 10. The van der Waals surface area contributed by atoms with Crippen LogP contribution in [0.25, 0.3) is 0 Å². The molecule has 3 aliphatic heterocycles. The Hall–Kier alpha value is -4.62. The Kier molecular flexibility index (Phi) is 8.15. The quantitative estimate of drug-likeness (QED) is 0.362. The molecule has 1 N–H and O–H groups in total. The molecule has 0 aliphatic carbocycles. The van der Waals surface area contributed by atoms with Crippen molar-refractivity contribution in [3.8, 4) is 17.2 Å². The molecule has 3 heterocycles. The lowest BCUT2D eigenvalue weighted by atomic mass is 10.0. The lowest BCUT2D eigenvalue weighted by Gasteiger charge is -2.33. The Labute approximate surface area is 254 Å². The first-order valence-corrected chi connectivity index (χ1v) is 15.6. The van der Waals surface area contributed by atoms with Gasteiger partial charge < -0.3 is 29.2 Å². The highest BCUT2D eigenvalue weighted by molar-refractivity contribution is 7.90. The van der Waals surface area contributed by atoms with E-state index in [1.165, 1.54) is 30.2 Å². The Morgan fingerprint density at radius 3 is 2.66 bits per heavy atom. The average Bonchev–Trinajstić information content (AvgIpc) is 3.77. The Morgan fingerprint density at radius 2 is 1.89 bits per heavy atom. The summed E-state index contributed by atoms with van der Waals surface area (Å²) in [5.74, 6) is -0.588. The Balaban J connectivity index is 1.37. The Morgan fingerprint density at radius 1 is 1.07 bits per heavy atom. The molecule has 0 radical (unpaired) electrons. The van der Waals surface area contributed by atoms with Gasteiger partial charge in [0.25, 0.3) is 15.9 Å². The molecule has 3 amide bonds. The van der Waals surface area contributed by atoms with Gasteiger partial charge in [-0.1, -0.05) is 30.3 Å². The number of nitrogens with one attached hydrogen (secondary N) is 1. The molecule has 0 bridgehead atoms. The van der Waals surface area contributed by atoms with E-state index < -0.39 is 40.3 Å². The lowest BCUT2D eigenvalue weighted by Crippen LogP contribution is -2.48. The van der Waals surface area contributed by atoms with Crippen molar-refractivity contribution in [2.24, 2.45) is 0 Å². The summed E-state index contributed by atoms with van der Waals surface area (Å²) in [4.78, 5) is 42.5. The maximum Gasteiger partial charge on any atom is 0.269 e. The summed E-state index contributed by atoms with van der Waals surface area (Å²) >= 11 is 0. The second-order valence-electron chi connectivity index (χ2n) is 10.6. The second kappa shape index (κ2) is 12.2. The SMILES string of the molecule is COc1cccc([C@H](C(=O)NC[C@H]2CCCO2)N(Cc2ccc3c(c2)OCO3)C(=O)CN2C(=O)c3ccccc3S2(=O)=O)c1. The van der Waals surface area contributed by atoms with Gasteiger partial charge in [0, 0.05) is 19.7 Å². The summed E-state index contributed by atoms with van der Waals surface area (Å²) in [6.07, 6.45) is 1.52. The summed E-state index contributed by atoms with van der Waals surface area (Å²) in [5.41, 5.74) is 1.02. The number of sulfonamides is 1. The molecule has 6 rings (SSSR count). The molecule has 0 unspecified atom stereocenters. The zero-order valence-corrected chi connectivity index (χ0v) is 24.7. The number of carbonyl (C=O) groups is 3. The third-order valence-electron chi connectivity index (χ3n) is 7.80. The van der Waals surface area contributed by atoms with E-state index in [9.17, 15) is 22.8 Å². The lowest BCUT2D eigenvalue weighted by molar-refractivity contribution is -0.141. The zero-order chi connectivity index (χ0) is 30.8. The standard InChI is InChI=1S/C31H31N3O9S/c1-40-22-7-4-6-21(15-22)29(30(36)32-16-23-8-5-13-41-23)33(17-20-11-12-25-26(14-20)43-19-42-25)28(35)18-34-31(37)24-9-2-3-10-27(24)44(34,38)39/h2-4,6-7,9-12,14-15,23,29H,5,8,13,16-19H2,1H3,(H,32,36)/t23-,29-/m1/s1. The molecule has 3 aliphatic rings. The van der Waals surface area contributed by atoms with Crippen LogP contribution in [0.15, 0.2) is 71.6 Å². The van der Waals surface area contributed by atoms with Crippen molar-refractivity contribution in [3.63, 3.8) is 0 Å². The van der Waals surface area contributed by atoms with Crippen molar-refractivity contribution in [2.75, 3.05) is 33.6 Å². The number of benzene rings is 3. The second-order valence-corrected chi connectivity index (χ2v) is 12.4. The third-order valence-corrected chi connectivity index (χ3v) is 9.59. The van der Waals surface area contributed by atoms with Gasteiger partial charge in [0.15, 0.2) is 11.5 Å².